The van der Waals surface area contributed by atoms with Crippen molar-refractivity contribution in [3.05, 3.63) is 43.1 Å². The SMILES string of the molecule is CC[C@@H]1C(=O)N(C)c2cnc(-n3ccnc3-c3ccncc3)nc2N1C1CCOCC1. The maximum Gasteiger partial charge on any atom is 0.249 e. The molecule has 0 spiro atoms. The number of carbonyl (C=O) groups is 1. The van der Waals surface area contributed by atoms with Gasteiger partial charge >= 0.3 is 0 Å². The molecule has 5 rings (SSSR count). The first kappa shape index (κ1) is 19.6. The lowest BCUT2D eigenvalue weighted by Crippen LogP contribution is -2.57. The Morgan fingerprint density at radius 2 is 1.90 bits per heavy atom. The Morgan fingerprint density at radius 1 is 1.13 bits per heavy atom. The summed E-state index contributed by atoms with van der Waals surface area (Å²) in [5.74, 6) is 2.14. The van der Waals surface area contributed by atoms with Crippen LogP contribution in [0.5, 0.6) is 0 Å². The lowest BCUT2D eigenvalue weighted by atomic mass is 9.99. The number of amides is 1. The third-order valence-electron chi connectivity index (χ3n) is 6.06. The van der Waals surface area contributed by atoms with E-state index in [4.69, 9.17) is 9.72 Å². The molecule has 1 fully saturated rings. The Bertz CT molecular complexity index is 1080. The highest BCUT2D eigenvalue weighted by atomic mass is 16.5. The summed E-state index contributed by atoms with van der Waals surface area (Å²) in [6.07, 6.45) is 11.3. The summed E-state index contributed by atoms with van der Waals surface area (Å²) in [5, 5.41) is 0. The Kier molecular flexibility index (Phi) is 5.11. The number of fused-ring (bicyclic) bond motifs is 1. The van der Waals surface area contributed by atoms with E-state index < -0.39 is 0 Å². The van der Waals surface area contributed by atoms with Crippen molar-refractivity contribution in [3.8, 4) is 17.3 Å². The Balaban J connectivity index is 1.62. The molecule has 1 saturated heterocycles. The van der Waals surface area contributed by atoms with Crippen molar-refractivity contribution in [2.45, 2.75) is 38.3 Å². The third kappa shape index (κ3) is 3.34. The normalized spacial score (nSPS) is 19.5. The predicted octanol–water partition coefficient (Wildman–Crippen LogP) is 2.46. The highest BCUT2D eigenvalue weighted by molar-refractivity contribution is 6.04. The van der Waals surface area contributed by atoms with E-state index in [-0.39, 0.29) is 18.0 Å². The Morgan fingerprint density at radius 3 is 2.65 bits per heavy atom. The van der Waals surface area contributed by atoms with E-state index in [1.165, 1.54) is 0 Å². The number of ether oxygens (including phenoxy) is 1. The lowest BCUT2D eigenvalue weighted by molar-refractivity contribution is -0.120. The van der Waals surface area contributed by atoms with Gasteiger partial charge in [0.05, 0.1) is 6.20 Å². The number of nitrogens with zero attached hydrogens (tertiary/aromatic N) is 7. The van der Waals surface area contributed by atoms with Gasteiger partial charge in [-0.05, 0) is 31.4 Å². The second-order valence-corrected chi connectivity index (χ2v) is 7.81. The van der Waals surface area contributed by atoms with Crippen molar-refractivity contribution in [2.24, 2.45) is 0 Å². The largest absolute Gasteiger partial charge is 0.381 e. The van der Waals surface area contributed by atoms with Gasteiger partial charge in [0.2, 0.25) is 11.9 Å². The molecule has 0 aromatic carbocycles. The van der Waals surface area contributed by atoms with E-state index in [0.717, 1.165) is 35.7 Å². The van der Waals surface area contributed by atoms with Gasteiger partial charge in [-0.3, -0.25) is 14.3 Å². The van der Waals surface area contributed by atoms with Crippen LogP contribution in [0.1, 0.15) is 26.2 Å². The molecular formula is C22H25N7O2. The van der Waals surface area contributed by atoms with Crippen LogP contribution in [0.25, 0.3) is 17.3 Å². The predicted molar refractivity (Wildman–Crippen MR) is 116 cm³/mol. The Labute approximate surface area is 180 Å². The summed E-state index contributed by atoms with van der Waals surface area (Å²) in [6.45, 7) is 3.44. The second-order valence-electron chi connectivity index (χ2n) is 7.81. The number of hydrogen-bond donors (Lipinski definition) is 0. The van der Waals surface area contributed by atoms with Crippen LogP contribution in [0.3, 0.4) is 0 Å². The number of aromatic nitrogens is 5. The van der Waals surface area contributed by atoms with Crippen LogP contribution in [-0.4, -0.2) is 62.8 Å². The van der Waals surface area contributed by atoms with E-state index >= 15 is 0 Å². The monoisotopic (exact) mass is 419 g/mol. The zero-order valence-electron chi connectivity index (χ0n) is 17.7. The summed E-state index contributed by atoms with van der Waals surface area (Å²) < 4.78 is 7.44. The molecule has 9 nitrogen and oxygen atoms in total. The van der Waals surface area contributed by atoms with Crippen LogP contribution >= 0.6 is 0 Å². The summed E-state index contributed by atoms with van der Waals surface area (Å²) in [5.41, 5.74) is 1.66. The van der Waals surface area contributed by atoms with Crippen molar-refractivity contribution in [2.75, 3.05) is 30.1 Å². The molecular weight excluding hydrogens is 394 g/mol. The van der Waals surface area contributed by atoms with Gasteiger partial charge in [-0.1, -0.05) is 6.92 Å². The van der Waals surface area contributed by atoms with Gasteiger partial charge in [-0.2, -0.15) is 4.98 Å². The van der Waals surface area contributed by atoms with Crippen LogP contribution in [0.4, 0.5) is 11.5 Å². The van der Waals surface area contributed by atoms with Crippen molar-refractivity contribution >= 4 is 17.4 Å². The molecule has 2 aliphatic heterocycles. The molecule has 2 aliphatic rings. The van der Waals surface area contributed by atoms with Gasteiger partial charge in [-0.25, -0.2) is 9.97 Å². The first-order valence-electron chi connectivity index (χ1n) is 10.6. The van der Waals surface area contributed by atoms with Crippen LogP contribution in [0, 0.1) is 0 Å². The molecule has 1 atom stereocenters. The summed E-state index contributed by atoms with van der Waals surface area (Å²) in [7, 11) is 1.80. The lowest BCUT2D eigenvalue weighted by Gasteiger charge is -2.45. The molecule has 0 saturated carbocycles. The fraction of sp³-hybridized carbons (Fsp3) is 0.409. The number of carbonyl (C=O) groups excluding carboxylic acids is 1. The van der Waals surface area contributed by atoms with E-state index in [2.05, 4.69) is 19.9 Å². The first-order chi connectivity index (χ1) is 15.2. The zero-order valence-corrected chi connectivity index (χ0v) is 17.7. The molecule has 5 heterocycles. The van der Waals surface area contributed by atoms with Crippen LogP contribution in [-0.2, 0) is 9.53 Å². The first-order valence-corrected chi connectivity index (χ1v) is 10.6. The van der Waals surface area contributed by atoms with Crippen LogP contribution in [0.15, 0.2) is 43.1 Å². The van der Waals surface area contributed by atoms with Crippen LogP contribution < -0.4 is 9.80 Å². The number of imidazole rings is 1. The second kappa shape index (κ2) is 8.07. The van der Waals surface area contributed by atoms with Gasteiger partial charge in [0.15, 0.2) is 5.82 Å². The van der Waals surface area contributed by atoms with Gasteiger partial charge in [0.25, 0.3) is 0 Å². The molecule has 0 aliphatic carbocycles. The third-order valence-corrected chi connectivity index (χ3v) is 6.06. The maximum atomic E-state index is 13.1. The molecule has 160 valence electrons. The summed E-state index contributed by atoms with van der Waals surface area (Å²) >= 11 is 0. The van der Waals surface area contributed by atoms with Gasteiger partial charge in [0, 0.05) is 56.7 Å². The van der Waals surface area contributed by atoms with Crippen molar-refractivity contribution in [3.63, 3.8) is 0 Å². The summed E-state index contributed by atoms with van der Waals surface area (Å²) in [6, 6.07) is 3.78. The molecule has 1 amide bonds. The molecule has 9 heteroatoms. The van der Waals surface area contributed by atoms with Crippen LogP contribution in [0.2, 0.25) is 0 Å². The highest BCUT2D eigenvalue weighted by Crippen LogP contribution is 2.38. The molecule has 0 bridgehead atoms. The molecule has 0 unspecified atom stereocenters. The summed E-state index contributed by atoms with van der Waals surface area (Å²) in [4.78, 5) is 35.1. The minimum atomic E-state index is -0.245. The number of likely N-dealkylation sites (N-methyl/N-ethyl adjacent to an activating group) is 1. The zero-order chi connectivity index (χ0) is 21.4. The topological polar surface area (TPSA) is 89.3 Å². The van der Waals surface area contributed by atoms with E-state index in [0.29, 0.717) is 25.6 Å². The van der Waals surface area contributed by atoms with E-state index in [1.54, 1.807) is 36.7 Å². The van der Waals surface area contributed by atoms with Crippen molar-refractivity contribution in [1.29, 1.82) is 0 Å². The number of pyridine rings is 1. The fourth-order valence-corrected chi connectivity index (χ4v) is 4.45. The average molecular weight is 419 g/mol. The molecule has 0 radical (unpaired) electrons. The van der Waals surface area contributed by atoms with E-state index in [1.807, 2.05) is 29.8 Å². The molecule has 3 aromatic rings. The van der Waals surface area contributed by atoms with Gasteiger partial charge in [-0.15, -0.1) is 0 Å². The number of hydrogen-bond acceptors (Lipinski definition) is 7. The quantitative estimate of drug-likeness (QED) is 0.642. The smallest absolute Gasteiger partial charge is 0.249 e. The van der Waals surface area contributed by atoms with Crippen molar-refractivity contribution < 1.29 is 9.53 Å². The molecule has 0 N–H and O–H groups in total. The standard InChI is InChI=1S/C22H25N7O2/c1-3-17-21(30)27(2)18-14-25-22(26-20(18)29(17)16-6-12-31-13-7-16)28-11-10-24-19(28)15-4-8-23-9-5-15/h4-5,8-11,14,16-17H,3,6-7,12-13H2,1-2H3/t17-/m1/s1. The highest BCUT2D eigenvalue weighted by Gasteiger charge is 2.41. The van der Waals surface area contributed by atoms with Gasteiger partial charge < -0.3 is 14.5 Å². The molecule has 31 heavy (non-hydrogen) atoms. The number of anilines is 2. The molecule has 3 aromatic heterocycles. The minimum absolute atomic E-state index is 0.0814. The minimum Gasteiger partial charge on any atom is -0.381 e. The Hall–Kier alpha value is -3.33. The van der Waals surface area contributed by atoms with E-state index in [9.17, 15) is 4.79 Å². The fourth-order valence-electron chi connectivity index (χ4n) is 4.45. The van der Waals surface area contributed by atoms with Crippen molar-refractivity contribution in [1.82, 2.24) is 24.5 Å². The maximum absolute atomic E-state index is 13.1. The average Bonchev–Trinajstić information content (AvgIpc) is 3.32. The van der Waals surface area contributed by atoms with Gasteiger partial charge in [0.1, 0.15) is 17.6 Å². The number of rotatable bonds is 4.